The molecule has 0 N–H and O–H groups in total. The van der Waals surface area contributed by atoms with Gasteiger partial charge in [0.2, 0.25) is 0 Å². The molecule has 0 aliphatic carbocycles. The molecule has 0 amide bonds. The summed E-state index contributed by atoms with van der Waals surface area (Å²) in [4.78, 5) is 14.4. The van der Waals surface area contributed by atoms with Gasteiger partial charge in [-0.2, -0.15) is 0 Å². The van der Waals surface area contributed by atoms with Gasteiger partial charge in [-0.05, 0) is 18.1 Å². The molecule has 1 aromatic rings. The van der Waals surface area contributed by atoms with E-state index in [0.29, 0.717) is 31.5 Å². The number of halogens is 2. The average molecular weight is 444 g/mol. The molecule has 0 aromatic heterocycles. The molecule has 0 radical (unpaired) electrons. The van der Waals surface area contributed by atoms with Gasteiger partial charge in [-0.1, -0.05) is 82.9 Å². The highest BCUT2D eigenvalue weighted by atomic mass is 35.5. The molecule has 1 aromatic carbocycles. The number of hydrogen-bond donors (Lipinski definition) is 0. The Balaban J connectivity index is 2.23. The number of unbranched alkanes of at least 4 members (excludes halogenated alkanes) is 9. The van der Waals surface area contributed by atoms with Gasteiger partial charge in [-0.15, -0.1) is 23.2 Å². The number of nitrogens with zero attached hydrogens (tertiary/aromatic N) is 1. The maximum Gasteiger partial charge on any atom is 0.310 e. The molecule has 0 atom stereocenters. The molecule has 0 fully saturated rings. The Bertz CT molecular complexity index is 533. The van der Waals surface area contributed by atoms with Crippen molar-refractivity contribution in [2.45, 2.75) is 77.6 Å². The van der Waals surface area contributed by atoms with Crippen molar-refractivity contribution in [1.29, 1.82) is 0 Å². The zero-order valence-corrected chi connectivity index (χ0v) is 19.7. The Morgan fingerprint density at radius 3 is 2.00 bits per heavy atom. The second-order valence-corrected chi connectivity index (χ2v) is 8.33. The maximum absolute atomic E-state index is 12.3. The van der Waals surface area contributed by atoms with E-state index in [1.54, 1.807) is 0 Å². The summed E-state index contributed by atoms with van der Waals surface area (Å²) in [6.45, 7) is 4.19. The zero-order valence-electron chi connectivity index (χ0n) is 18.1. The van der Waals surface area contributed by atoms with Crippen molar-refractivity contribution in [2.75, 3.05) is 36.4 Å². The van der Waals surface area contributed by atoms with Crippen molar-refractivity contribution in [3.63, 3.8) is 0 Å². The van der Waals surface area contributed by atoms with Crippen molar-refractivity contribution in [3.8, 4) is 0 Å². The van der Waals surface area contributed by atoms with Crippen LogP contribution in [0, 0.1) is 0 Å². The predicted molar refractivity (Wildman–Crippen MR) is 127 cm³/mol. The first-order valence-corrected chi connectivity index (χ1v) is 12.4. The molecule has 0 aliphatic heterocycles. The fourth-order valence-electron chi connectivity index (χ4n) is 3.51. The zero-order chi connectivity index (χ0) is 21.2. The van der Waals surface area contributed by atoms with Crippen LogP contribution in [0.5, 0.6) is 0 Å². The largest absolute Gasteiger partial charge is 0.465 e. The smallest absolute Gasteiger partial charge is 0.310 e. The Labute approximate surface area is 188 Å². The quantitative estimate of drug-likeness (QED) is 0.139. The van der Waals surface area contributed by atoms with Crippen LogP contribution in [0.15, 0.2) is 24.3 Å². The molecule has 0 aliphatic rings. The summed E-state index contributed by atoms with van der Waals surface area (Å²) >= 11 is 11.8. The summed E-state index contributed by atoms with van der Waals surface area (Å²) < 4.78 is 5.46. The van der Waals surface area contributed by atoms with E-state index in [1.807, 2.05) is 24.3 Å². The molecule has 3 nitrogen and oxygen atoms in total. The van der Waals surface area contributed by atoms with Crippen LogP contribution < -0.4 is 4.90 Å². The lowest BCUT2D eigenvalue weighted by Crippen LogP contribution is -2.29. The van der Waals surface area contributed by atoms with E-state index in [9.17, 15) is 4.79 Å². The third-order valence-corrected chi connectivity index (χ3v) is 5.47. The molecule has 0 spiro atoms. The van der Waals surface area contributed by atoms with Crippen LogP contribution >= 0.6 is 23.2 Å². The topological polar surface area (TPSA) is 29.5 Å². The Morgan fingerprint density at radius 2 is 1.41 bits per heavy atom. The van der Waals surface area contributed by atoms with Crippen molar-refractivity contribution < 1.29 is 9.53 Å². The summed E-state index contributed by atoms with van der Waals surface area (Å²) in [6, 6.07) is 7.92. The molecule has 0 unspecified atom stereocenters. The SMILES string of the molecule is CCCCCCCCCCCCOC(=O)Cc1ccccc1N(CCCl)CCCl. The Kier molecular flexibility index (Phi) is 16.1. The number of para-hydroxylation sites is 1. The lowest BCUT2D eigenvalue weighted by molar-refractivity contribution is -0.142. The summed E-state index contributed by atoms with van der Waals surface area (Å²) in [5, 5.41) is 0. The number of esters is 1. The van der Waals surface area contributed by atoms with Crippen LogP contribution in [-0.2, 0) is 16.0 Å². The van der Waals surface area contributed by atoms with Gasteiger partial charge in [0.25, 0.3) is 0 Å². The van der Waals surface area contributed by atoms with E-state index in [1.165, 1.54) is 51.4 Å². The van der Waals surface area contributed by atoms with Crippen molar-refractivity contribution in [3.05, 3.63) is 29.8 Å². The van der Waals surface area contributed by atoms with Crippen LogP contribution in [0.1, 0.15) is 76.7 Å². The van der Waals surface area contributed by atoms with E-state index in [-0.39, 0.29) is 12.4 Å². The highest BCUT2D eigenvalue weighted by molar-refractivity contribution is 6.18. The Hall–Kier alpha value is -0.930. The van der Waals surface area contributed by atoms with Gasteiger partial charge in [0.05, 0.1) is 13.0 Å². The molecule has 0 saturated carbocycles. The van der Waals surface area contributed by atoms with Gasteiger partial charge in [-0.3, -0.25) is 4.79 Å². The van der Waals surface area contributed by atoms with Gasteiger partial charge in [0, 0.05) is 30.5 Å². The molecule has 0 heterocycles. The van der Waals surface area contributed by atoms with Crippen LogP contribution in [-0.4, -0.2) is 37.4 Å². The minimum atomic E-state index is -0.162. The fourth-order valence-corrected chi connectivity index (χ4v) is 3.92. The second kappa shape index (κ2) is 17.9. The fraction of sp³-hybridized carbons (Fsp3) is 0.708. The van der Waals surface area contributed by atoms with Gasteiger partial charge < -0.3 is 9.64 Å². The normalized spacial score (nSPS) is 10.9. The number of rotatable bonds is 18. The number of alkyl halides is 2. The Morgan fingerprint density at radius 1 is 0.862 bits per heavy atom. The highest BCUT2D eigenvalue weighted by Gasteiger charge is 2.13. The van der Waals surface area contributed by atoms with E-state index in [0.717, 1.165) is 24.1 Å². The number of hydrogen-bond acceptors (Lipinski definition) is 3. The van der Waals surface area contributed by atoms with Crippen LogP contribution in [0.4, 0.5) is 5.69 Å². The molecular weight excluding hydrogens is 405 g/mol. The summed E-state index contributed by atoms with van der Waals surface area (Å²) in [5.41, 5.74) is 1.99. The maximum atomic E-state index is 12.3. The van der Waals surface area contributed by atoms with Gasteiger partial charge in [0.1, 0.15) is 0 Å². The summed E-state index contributed by atoms with van der Waals surface area (Å²) in [5.74, 6) is 0.882. The number of carbonyl (C=O) groups excluding carboxylic acids is 1. The van der Waals surface area contributed by atoms with Crippen molar-refractivity contribution >= 4 is 34.9 Å². The molecule has 0 saturated heterocycles. The molecule has 166 valence electrons. The van der Waals surface area contributed by atoms with E-state index < -0.39 is 0 Å². The lowest BCUT2D eigenvalue weighted by atomic mass is 10.1. The molecular formula is C24H39Cl2NO2. The summed E-state index contributed by atoms with van der Waals surface area (Å²) in [6.07, 6.45) is 13.0. The third-order valence-electron chi connectivity index (χ3n) is 5.14. The van der Waals surface area contributed by atoms with Gasteiger partial charge in [0.15, 0.2) is 0 Å². The molecule has 1 rings (SSSR count). The number of ether oxygens (including phenoxy) is 1. The average Bonchev–Trinajstić information content (AvgIpc) is 2.72. The highest BCUT2D eigenvalue weighted by Crippen LogP contribution is 2.21. The van der Waals surface area contributed by atoms with Crippen molar-refractivity contribution in [1.82, 2.24) is 0 Å². The predicted octanol–water partition coefficient (Wildman–Crippen LogP) is 6.98. The minimum absolute atomic E-state index is 0.162. The van der Waals surface area contributed by atoms with Crippen LogP contribution in [0.25, 0.3) is 0 Å². The summed E-state index contributed by atoms with van der Waals surface area (Å²) in [7, 11) is 0. The lowest BCUT2D eigenvalue weighted by Gasteiger charge is -2.25. The van der Waals surface area contributed by atoms with E-state index >= 15 is 0 Å². The third kappa shape index (κ3) is 12.4. The van der Waals surface area contributed by atoms with Gasteiger partial charge in [-0.25, -0.2) is 0 Å². The molecule has 5 heteroatoms. The van der Waals surface area contributed by atoms with Gasteiger partial charge >= 0.3 is 5.97 Å². The standard InChI is InChI=1S/C24H39Cl2NO2/c1-2-3-4-5-6-7-8-9-10-13-20-29-24(28)21-22-14-11-12-15-23(22)27(18-16-25)19-17-26/h11-12,14-15H,2-10,13,16-21H2,1H3. The first-order chi connectivity index (χ1) is 14.2. The molecule has 0 bridgehead atoms. The van der Waals surface area contributed by atoms with Crippen molar-refractivity contribution in [2.24, 2.45) is 0 Å². The van der Waals surface area contributed by atoms with Crippen LogP contribution in [0.2, 0.25) is 0 Å². The van der Waals surface area contributed by atoms with E-state index in [4.69, 9.17) is 27.9 Å². The number of benzene rings is 1. The molecule has 29 heavy (non-hydrogen) atoms. The number of anilines is 1. The monoisotopic (exact) mass is 443 g/mol. The first-order valence-electron chi connectivity index (χ1n) is 11.3. The van der Waals surface area contributed by atoms with E-state index in [2.05, 4.69) is 11.8 Å². The minimum Gasteiger partial charge on any atom is -0.465 e. The number of carbonyl (C=O) groups is 1. The van der Waals surface area contributed by atoms with Crippen LogP contribution in [0.3, 0.4) is 0 Å². The second-order valence-electron chi connectivity index (χ2n) is 7.57. The first kappa shape index (κ1) is 26.1.